The van der Waals surface area contributed by atoms with Crippen LogP contribution in [-0.2, 0) is 21.8 Å². The fraction of sp³-hybridized carbons (Fsp3) is 0.500. The molecule has 3 heterocycles. The van der Waals surface area contributed by atoms with Crippen molar-refractivity contribution in [3.63, 3.8) is 0 Å². The van der Waals surface area contributed by atoms with Gasteiger partial charge in [-0.05, 0) is 38.1 Å². The molecular formula is C24H24F6N2O5. The van der Waals surface area contributed by atoms with Crippen LogP contribution in [0, 0.1) is 0 Å². The first-order valence-electron chi connectivity index (χ1n) is 11.5. The zero-order chi connectivity index (χ0) is 27.0. The number of esters is 1. The highest BCUT2D eigenvalue weighted by atomic mass is 19.4. The molecule has 0 unspecified atom stereocenters. The number of aromatic nitrogens is 1. The van der Waals surface area contributed by atoms with E-state index in [4.69, 9.17) is 19.0 Å². The summed E-state index contributed by atoms with van der Waals surface area (Å²) in [5, 5.41) is 1.57. The fourth-order valence-corrected chi connectivity index (χ4v) is 4.20. The topological polar surface area (TPSA) is 70.1 Å². The number of hydrogen-bond donors (Lipinski definition) is 0. The first-order chi connectivity index (χ1) is 17.3. The number of alkyl halides is 6. The van der Waals surface area contributed by atoms with Crippen LogP contribution in [0.25, 0.3) is 0 Å². The first kappa shape index (κ1) is 27.0. The summed E-state index contributed by atoms with van der Waals surface area (Å²) < 4.78 is 94.7. The van der Waals surface area contributed by atoms with E-state index in [1.165, 1.54) is 0 Å². The summed E-state index contributed by atoms with van der Waals surface area (Å²) in [6.45, 7) is 3.57. The third-order valence-corrected chi connectivity index (χ3v) is 5.83. The maximum atomic E-state index is 13.3. The van der Waals surface area contributed by atoms with Gasteiger partial charge in [0.15, 0.2) is 5.75 Å². The molecule has 2 aliphatic rings. The van der Waals surface area contributed by atoms with E-state index in [0.29, 0.717) is 25.1 Å². The van der Waals surface area contributed by atoms with Crippen LogP contribution in [0.5, 0.6) is 11.6 Å². The summed E-state index contributed by atoms with van der Waals surface area (Å²) in [7, 11) is 0. The zero-order valence-corrected chi connectivity index (χ0v) is 19.8. The molecule has 2 saturated heterocycles. The van der Waals surface area contributed by atoms with Crippen LogP contribution in [0.2, 0.25) is 0 Å². The summed E-state index contributed by atoms with van der Waals surface area (Å²) in [6.07, 6.45) is -8.79. The molecule has 2 bridgehead atoms. The molecule has 0 spiro atoms. The highest BCUT2D eigenvalue weighted by Crippen LogP contribution is 2.36. The minimum Gasteiger partial charge on any atom is -0.474 e. The van der Waals surface area contributed by atoms with Gasteiger partial charge in [0, 0.05) is 25.1 Å². The highest BCUT2D eigenvalue weighted by molar-refractivity contribution is 5.92. The smallest absolute Gasteiger partial charge is 0.417 e. The molecule has 0 radical (unpaired) electrons. The van der Waals surface area contributed by atoms with Crippen LogP contribution in [0.4, 0.5) is 26.3 Å². The van der Waals surface area contributed by atoms with Crippen molar-refractivity contribution < 1.29 is 50.2 Å². The Hall–Kier alpha value is -3.06. The van der Waals surface area contributed by atoms with Gasteiger partial charge in [0.25, 0.3) is 0 Å². The molecule has 1 aromatic carbocycles. The minimum absolute atomic E-state index is 0.0350. The molecule has 7 nitrogen and oxygen atoms in total. The van der Waals surface area contributed by atoms with Crippen molar-refractivity contribution in [2.45, 2.75) is 63.3 Å². The summed E-state index contributed by atoms with van der Waals surface area (Å²) in [4.78, 5) is 22.3. The Bertz CT molecular complexity index is 1090. The predicted octanol–water partition coefficient (Wildman–Crippen LogP) is 5.29. The third-order valence-electron chi connectivity index (χ3n) is 5.83. The molecule has 0 N–H and O–H groups in total. The van der Waals surface area contributed by atoms with Crippen molar-refractivity contribution in [3.05, 3.63) is 53.2 Å². The molecule has 2 fully saturated rings. The quantitative estimate of drug-likeness (QED) is 0.369. The van der Waals surface area contributed by atoms with Crippen molar-refractivity contribution in [1.82, 2.24) is 10.0 Å². The molecule has 0 saturated carbocycles. The van der Waals surface area contributed by atoms with Gasteiger partial charge in [0.1, 0.15) is 11.7 Å². The number of piperidine rings is 1. The van der Waals surface area contributed by atoms with Gasteiger partial charge in [0.2, 0.25) is 5.88 Å². The predicted molar refractivity (Wildman–Crippen MR) is 116 cm³/mol. The summed E-state index contributed by atoms with van der Waals surface area (Å²) in [6, 6.07) is 3.81. The van der Waals surface area contributed by atoms with Gasteiger partial charge in [-0.3, -0.25) is 0 Å². The average molecular weight is 534 g/mol. The van der Waals surface area contributed by atoms with E-state index in [1.54, 1.807) is 18.9 Å². The van der Waals surface area contributed by atoms with Crippen LogP contribution >= 0.6 is 0 Å². The van der Waals surface area contributed by atoms with Gasteiger partial charge < -0.3 is 19.0 Å². The number of ether oxygens (including phenoxy) is 3. The van der Waals surface area contributed by atoms with Gasteiger partial charge >= 0.3 is 18.3 Å². The highest BCUT2D eigenvalue weighted by Gasteiger charge is 2.43. The molecule has 37 heavy (non-hydrogen) atoms. The van der Waals surface area contributed by atoms with Crippen molar-refractivity contribution in [2.24, 2.45) is 0 Å². The molecule has 0 amide bonds. The molecule has 2 atom stereocenters. The number of hydroxylamine groups is 2. The first-order valence-corrected chi connectivity index (χ1v) is 11.5. The number of morpholine rings is 1. The van der Waals surface area contributed by atoms with Crippen molar-refractivity contribution >= 4 is 5.97 Å². The van der Waals surface area contributed by atoms with Gasteiger partial charge in [0.05, 0.1) is 42.5 Å². The van der Waals surface area contributed by atoms with E-state index in [9.17, 15) is 31.1 Å². The summed E-state index contributed by atoms with van der Waals surface area (Å²) >= 11 is 0. The maximum absolute atomic E-state index is 13.3. The molecule has 4 rings (SSSR count). The SMILES string of the molecule is CC(C)OC(=O)c1cc(C(F)(F)F)ccc1ON1[C@@H]2COC[C@@H]1CC(Oc1ccc(C(F)(F)F)cn1)C2. The van der Waals surface area contributed by atoms with Crippen LogP contribution in [0.15, 0.2) is 36.5 Å². The van der Waals surface area contributed by atoms with E-state index in [1.807, 2.05) is 0 Å². The van der Waals surface area contributed by atoms with Gasteiger partial charge in [-0.25, -0.2) is 9.78 Å². The normalized spacial score (nSPS) is 22.6. The molecule has 2 aliphatic heterocycles. The summed E-state index contributed by atoms with van der Waals surface area (Å²) in [5.74, 6) is -1.02. The third kappa shape index (κ3) is 6.45. The molecule has 13 heteroatoms. The number of rotatable bonds is 6. The number of benzene rings is 1. The zero-order valence-electron chi connectivity index (χ0n) is 19.8. The Morgan fingerprint density at radius 3 is 2.16 bits per heavy atom. The molecular weight excluding hydrogens is 510 g/mol. The van der Waals surface area contributed by atoms with Gasteiger partial charge in [-0.2, -0.15) is 26.3 Å². The standard InChI is InChI=1S/C24H24F6N2O5/c1-13(2)35-22(33)19-7-14(23(25,26)27)3-5-20(19)37-32-16-8-18(9-17(32)12-34-11-16)36-21-6-4-15(10-31-21)24(28,29)30/h3-7,10,13,16-18H,8-9,11-12H2,1-2H3/t16-,17-/m0/s1. The monoisotopic (exact) mass is 534 g/mol. The lowest BCUT2D eigenvalue weighted by Gasteiger charge is -2.46. The van der Waals surface area contributed by atoms with Crippen molar-refractivity contribution in [3.8, 4) is 11.6 Å². The van der Waals surface area contributed by atoms with E-state index in [2.05, 4.69) is 4.98 Å². The lowest BCUT2D eigenvalue weighted by Crippen LogP contribution is -2.60. The number of fused-ring (bicyclic) bond motifs is 2. The van der Waals surface area contributed by atoms with Crippen LogP contribution in [-0.4, -0.2) is 53.5 Å². The van der Waals surface area contributed by atoms with E-state index < -0.39 is 53.7 Å². The maximum Gasteiger partial charge on any atom is 0.417 e. The Kier molecular flexibility index (Phi) is 7.56. The van der Waals surface area contributed by atoms with Crippen LogP contribution in [0.1, 0.15) is 48.2 Å². The Morgan fingerprint density at radius 2 is 1.62 bits per heavy atom. The van der Waals surface area contributed by atoms with Crippen molar-refractivity contribution in [1.29, 1.82) is 0 Å². The second-order valence-electron chi connectivity index (χ2n) is 9.05. The van der Waals surface area contributed by atoms with Gasteiger partial charge in [-0.15, -0.1) is 5.06 Å². The summed E-state index contributed by atoms with van der Waals surface area (Å²) in [5.41, 5.74) is -2.28. The number of pyridine rings is 1. The van der Waals surface area contributed by atoms with E-state index in [0.717, 1.165) is 24.3 Å². The molecule has 202 valence electrons. The van der Waals surface area contributed by atoms with Crippen LogP contribution < -0.4 is 9.57 Å². The second kappa shape index (κ2) is 10.4. The number of hydrogen-bond acceptors (Lipinski definition) is 7. The van der Waals surface area contributed by atoms with E-state index >= 15 is 0 Å². The average Bonchev–Trinajstić information content (AvgIpc) is 2.78. The Labute approximate surface area is 208 Å². The number of carbonyl (C=O) groups excluding carboxylic acids is 1. The molecule has 2 aromatic rings. The van der Waals surface area contributed by atoms with Crippen molar-refractivity contribution in [2.75, 3.05) is 13.2 Å². The largest absolute Gasteiger partial charge is 0.474 e. The molecule has 1 aromatic heterocycles. The lowest BCUT2D eigenvalue weighted by molar-refractivity contribution is -0.222. The van der Waals surface area contributed by atoms with E-state index in [-0.39, 0.29) is 30.4 Å². The lowest BCUT2D eigenvalue weighted by atomic mass is 9.94. The Morgan fingerprint density at radius 1 is 1.00 bits per heavy atom. The molecule has 0 aliphatic carbocycles. The second-order valence-corrected chi connectivity index (χ2v) is 9.05. The Balaban J connectivity index is 1.50. The number of carbonyl (C=O) groups is 1. The number of nitrogens with zero attached hydrogens (tertiary/aromatic N) is 2. The fourth-order valence-electron chi connectivity index (χ4n) is 4.20. The van der Waals surface area contributed by atoms with Crippen LogP contribution in [0.3, 0.4) is 0 Å². The van der Waals surface area contributed by atoms with Gasteiger partial charge in [-0.1, -0.05) is 0 Å². The number of halogens is 6. The minimum atomic E-state index is -4.67.